The molecule has 1 aromatic carbocycles. The second-order valence-corrected chi connectivity index (χ2v) is 10.0. The predicted octanol–water partition coefficient (Wildman–Crippen LogP) is 4.21. The fourth-order valence-corrected chi connectivity index (χ4v) is 6.26. The zero-order valence-corrected chi connectivity index (χ0v) is 19.6. The topological polar surface area (TPSA) is 79.7 Å². The second kappa shape index (κ2) is 8.88. The first-order valence-electron chi connectivity index (χ1n) is 10.7. The average Bonchev–Trinajstić information content (AvgIpc) is 3.53. The van der Waals surface area contributed by atoms with Crippen molar-refractivity contribution >= 4 is 39.1 Å². The van der Waals surface area contributed by atoms with Gasteiger partial charge in [-0.25, -0.2) is 4.98 Å². The molecule has 0 amide bonds. The molecule has 3 aromatic rings. The molecule has 0 saturated carbocycles. The Kier molecular flexibility index (Phi) is 5.96. The van der Waals surface area contributed by atoms with E-state index in [0.717, 1.165) is 41.1 Å². The van der Waals surface area contributed by atoms with Gasteiger partial charge in [0.25, 0.3) is 5.56 Å². The summed E-state index contributed by atoms with van der Waals surface area (Å²) in [5.41, 5.74) is 1.58. The number of aryl methyl sites for hydroxylation is 2. The lowest BCUT2D eigenvalue weighted by Gasteiger charge is -2.16. The first-order chi connectivity index (χ1) is 15.5. The summed E-state index contributed by atoms with van der Waals surface area (Å²) in [5.74, 6) is 1.35. The zero-order valence-electron chi connectivity index (χ0n) is 18.0. The molecule has 1 unspecified atom stereocenters. The standard InChI is InChI=1S/C23H24N2O5S2/c1-3-16-13(2)32-21-20(16)22(27)25(10-15-5-4-8-28-15)23(24-21)31-11-17(26)14-6-7-18-19(9-14)30-12-29-18/h6-7,9,15H,3-5,8,10-12H2,1-2H3. The predicted molar refractivity (Wildman–Crippen MR) is 125 cm³/mol. The maximum Gasteiger partial charge on any atom is 0.263 e. The van der Waals surface area contributed by atoms with Gasteiger partial charge in [-0.05, 0) is 49.9 Å². The van der Waals surface area contributed by atoms with E-state index in [1.165, 1.54) is 11.8 Å². The van der Waals surface area contributed by atoms with E-state index in [9.17, 15) is 9.59 Å². The van der Waals surface area contributed by atoms with Crippen LogP contribution in [0.15, 0.2) is 28.2 Å². The summed E-state index contributed by atoms with van der Waals surface area (Å²) in [5, 5.41) is 1.27. The van der Waals surface area contributed by atoms with Crippen molar-refractivity contribution in [1.29, 1.82) is 0 Å². The van der Waals surface area contributed by atoms with Gasteiger partial charge in [0.2, 0.25) is 6.79 Å². The number of thioether (sulfide) groups is 1. The molecular weight excluding hydrogens is 448 g/mol. The average molecular weight is 473 g/mol. The third-order valence-electron chi connectivity index (χ3n) is 5.87. The molecule has 2 aliphatic rings. The number of fused-ring (bicyclic) bond motifs is 2. The van der Waals surface area contributed by atoms with E-state index in [4.69, 9.17) is 19.2 Å². The minimum absolute atomic E-state index is 0.000621. The van der Waals surface area contributed by atoms with E-state index in [2.05, 4.69) is 6.92 Å². The third kappa shape index (κ3) is 3.93. The van der Waals surface area contributed by atoms with Crippen LogP contribution in [0.1, 0.15) is 40.6 Å². The van der Waals surface area contributed by atoms with E-state index in [-0.39, 0.29) is 30.0 Å². The molecule has 9 heteroatoms. The lowest BCUT2D eigenvalue weighted by atomic mass is 10.1. The van der Waals surface area contributed by atoms with Crippen molar-refractivity contribution < 1.29 is 19.0 Å². The summed E-state index contributed by atoms with van der Waals surface area (Å²) in [4.78, 5) is 33.1. The zero-order chi connectivity index (χ0) is 22.2. The van der Waals surface area contributed by atoms with Gasteiger partial charge in [0.05, 0.1) is 23.8 Å². The van der Waals surface area contributed by atoms with Crippen LogP contribution in [0.3, 0.4) is 0 Å². The van der Waals surface area contributed by atoms with E-state index in [1.54, 1.807) is 34.1 Å². The van der Waals surface area contributed by atoms with Gasteiger partial charge in [-0.3, -0.25) is 14.2 Å². The highest BCUT2D eigenvalue weighted by Gasteiger charge is 2.23. The van der Waals surface area contributed by atoms with Crippen molar-refractivity contribution in [3.63, 3.8) is 0 Å². The van der Waals surface area contributed by atoms with Gasteiger partial charge in [0.1, 0.15) is 4.83 Å². The van der Waals surface area contributed by atoms with Crippen molar-refractivity contribution in [3.05, 3.63) is 44.6 Å². The summed E-state index contributed by atoms with van der Waals surface area (Å²) in [6, 6.07) is 5.19. The molecular formula is C23H24N2O5S2. The first-order valence-corrected chi connectivity index (χ1v) is 12.6. The van der Waals surface area contributed by atoms with Crippen molar-refractivity contribution in [2.75, 3.05) is 19.2 Å². The number of ketones is 1. The van der Waals surface area contributed by atoms with E-state index in [1.807, 2.05) is 6.92 Å². The molecule has 1 atom stereocenters. The van der Waals surface area contributed by atoms with Gasteiger partial charge < -0.3 is 14.2 Å². The van der Waals surface area contributed by atoms with Crippen molar-refractivity contribution in [2.24, 2.45) is 0 Å². The number of hydrogen-bond donors (Lipinski definition) is 0. The molecule has 168 valence electrons. The molecule has 0 aliphatic carbocycles. The van der Waals surface area contributed by atoms with Crippen LogP contribution < -0.4 is 15.0 Å². The number of Topliss-reactive ketones (excluding diaryl/α,β-unsaturated/α-hetero) is 1. The van der Waals surface area contributed by atoms with Crippen molar-refractivity contribution in [3.8, 4) is 11.5 Å². The molecule has 0 spiro atoms. The molecule has 0 bridgehead atoms. The van der Waals surface area contributed by atoms with Crippen LogP contribution in [-0.4, -0.2) is 40.6 Å². The first kappa shape index (κ1) is 21.5. The van der Waals surface area contributed by atoms with E-state index >= 15 is 0 Å². The number of hydrogen-bond acceptors (Lipinski definition) is 8. The van der Waals surface area contributed by atoms with Gasteiger partial charge in [0, 0.05) is 17.0 Å². The molecule has 2 aromatic heterocycles. The van der Waals surface area contributed by atoms with Crippen LogP contribution in [0, 0.1) is 6.92 Å². The Morgan fingerprint density at radius 2 is 2.16 bits per heavy atom. The number of nitrogens with zero attached hydrogens (tertiary/aromatic N) is 2. The summed E-state index contributed by atoms with van der Waals surface area (Å²) in [6.07, 6.45) is 2.71. The lowest BCUT2D eigenvalue weighted by Crippen LogP contribution is -2.29. The molecule has 0 radical (unpaired) electrons. The van der Waals surface area contributed by atoms with E-state index in [0.29, 0.717) is 34.1 Å². The minimum atomic E-state index is -0.0529. The summed E-state index contributed by atoms with van der Waals surface area (Å²) in [6.45, 7) is 5.44. The molecule has 7 nitrogen and oxygen atoms in total. The number of thiophene rings is 1. The highest BCUT2D eigenvalue weighted by Crippen LogP contribution is 2.34. The summed E-state index contributed by atoms with van der Waals surface area (Å²) in [7, 11) is 0. The van der Waals surface area contributed by atoms with Gasteiger partial charge in [0.15, 0.2) is 22.4 Å². The van der Waals surface area contributed by atoms with Crippen LogP contribution in [0.4, 0.5) is 0 Å². The minimum Gasteiger partial charge on any atom is -0.454 e. The fraction of sp³-hybridized carbons (Fsp3) is 0.435. The Bertz CT molecular complexity index is 1240. The molecule has 5 rings (SSSR count). The second-order valence-electron chi connectivity index (χ2n) is 7.90. The monoisotopic (exact) mass is 472 g/mol. The van der Waals surface area contributed by atoms with Crippen LogP contribution in [0.25, 0.3) is 10.2 Å². The number of benzene rings is 1. The smallest absolute Gasteiger partial charge is 0.263 e. The molecule has 2 aliphatic heterocycles. The highest BCUT2D eigenvalue weighted by molar-refractivity contribution is 7.99. The van der Waals surface area contributed by atoms with Gasteiger partial charge in [-0.1, -0.05) is 18.7 Å². The largest absolute Gasteiger partial charge is 0.454 e. The molecule has 1 fully saturated rings. The van der Waals surface area contributed by atoms with Crippen molar-refractivity contribution in [1.82, 2.24) is 9.55 Å². The quantitative estimate of drug-likeness (QED) is 0.289. The number of carbonyl (C=O) groups is 1. The Hall–Kier alpha value is -2.36. The van der Waals surface area contributed by atoms with Crippen LogP contribution >= 0.6 is 23.1 Å². The lowest BCUT2D eigenvalue weighted by molar-refractivity contribution is 0.0937. The van der Waals surface area contributed by atoms with Gasteiger partial charge >= 0.3 is 0 Å². The van der Waals surface area contributed by atoms with Crippen molar-refractivity contribution in [2.45, 2.75) is 50.9 Å². The molecule has 1 saturated heterocycles. The number of carbonyl (C=O) groups excluding carboxylic acids is 1. The van der Waals surface area contributed by atoms with Crippen LogP contribution in [0.5, 0.6) is 11.5 Å². The molecule has 32 heavy (non-hydrogen) atoms. The Labute approximate surface area is 193 Å². The Morgan fingerprint density at radius 1 is 1.31 bits per heavy atom. The summed E-state index contributed by atoms with van der Waals surface area (Å²) < 4.78 is 18.2. The van der Waals surface area contributed by atoms with Crippen LogP contribution in [-0.2, 0) is 17.7 Å². The van der Waals surface area contributed by atoms with Gasteiger partial charge in [-0.2, -0.15) is 0 Å². The normalized spacial score (nSPS) is 17.4. The molecule has 4 heterocycles. The highest BCUT2D eigenvalue weighted by atomic mass is 32.2. The van der Waals surface area contributed by atoms with E-state index < -0.39 is 0 Å². The van der Waals surface area contributed by atoms with Gasteiger partial charge in [-0.15, -0.1) is 11.3 Å². The number of ether oxygens (including phenoxy) is 3. The Balaban J connectivity index is 1.46. The number of rotatable bonds is 7. The fourth-order valence-electron chi connectivity index (χ4n) is 4.20. The summed E-state index contributed by atoms with van der Waals surface area (Å²) >= 11 is 2.84. The maximum absolute atomic E-state index is 13.5. The Morgan fingerprint density at radius 3 is 2.94 bits per heavy atom. The maximum atomic E-state index is 13.5. The molecule has 0 N–H and O–H groups in total. The number of aromatic nitrogens is 2. The third-order valence-corrected chi connectivity index (χ3v) is 7.89. The SMILES string of the molecule is CCc1c(C)sc2nc(SCC(=O)c3ccc4c(c3)OCO4)n(CC3CCCO3)c(=O)c12. The van der Waals surface area contributed by atoms with Crippen LogP contribution in [0.2, 0.25) is 0 Å².